The molecule has 0 aromatic heterocycles. The van der Waals surface area contributed by atoms with Gasteiger partial charge in [-0.25, -0.2) is 0 Å². The van der Waals surface area contributed by atoms with Crippen molar-refractivity contribution in [3.05, 3.63) is 82.9 Å². The van der Waals surface area contributed by atoms with E-state index in [9.17, 15) is 19.8 Å². The maximum Gasteiger partial charge on any atom is 0.255 e. The number of benzene rings is 3. The third-order valence-corrected chi connectivity index (χ3v) is 5.76. The van der Waals surface area contributed by atoms with Gasteiger partial charge in [-0.3, -0.25) is 19.6 Å². The fourth-order valence-electron chi connectivity index (χ4n) is 3.98. The van der Waals surface area contributed by atoms with Crippen LogP contribution in [0.5, 0.6) is 11.5 Å². The van der Waals surface area contributed by atoms with E-state index >= 15 is 0 Å². The number of phenolic OH excluding ortho intramolecular Hbond substituents is 2. The highest BCUT2D eigenvalue weighted by atomic mass is 35.5. The number of carbonyl (C=O) groups is 2. The van der Waals surface area contributed by atoms with Gasteiger partial charge in [-0.05, 0) is 42.5 Å². The van der Waals surface area contributed by atoms with E-state index in [0.717, 1.165) is 13.1 Å². The fourth-order valence-corrected chi connectivity index (χ4v) is 3.98. The second kappa shape index (κ2) is 12.3. The maximum atomic E-state index is 12.8. The van der Waals surface area contributed by atoms with Crippen LogP contribution in [0.2, 0.25) is 0 Å². The number of amidine groups is 2. The number of aromatic hydroxyl groups is 2. The van der Waals surface area contributed by atoms with E-state index in [4.69, 9.17) is 0 Å². The summed E-state index contributed by atoms with van der Waals surface area (Å²) in [6, 6.07) is 15.9. The van der Waals surface area contributed by atoms with Gasteiger partial charge in [0.25, 0.3) is 11.8 Å². The molecular formula is C26H26Cl2N6O4. The molecule has 0 saturated carbocycles. The van der Waals surface area contributed by atoms with E-state index in [-0.39, 0.29) is 47.4 Å². The summed E-state index contributed by atoms with van der Waals surface area (Å²) in [5.41, 5.74) is 2.50. The Balaban J connectivity index is 0.00000200. The van der Waals surface area contributed by atoms with Crippen LogP contribution in [0.15, 0.2) is 70.6 Å². The lowest BCUT2D eigenvalue weighted by Crippen LogP contribution is -2.20. The zero-order chi connectivity index (χ0) is 25.1. The van der Waals surface area contributed by atoms with Crippen molar-refractivity contribution in [1.82, 2.24) is 10.6 Å². The van der Waals surface area contributed by atoms with Crippen molar-refractivity contribution in [2.45, 2.75) is 0 Å². The van der Waals surface area contributed by atoms with Crippen molar-refractivity contribution < 1.29 is 19.8 Å². The lowest BCUT2D eigenvalue weighted by atomic mass is 10.1. The number of nitrogens with one attached hydrogen (secondary N) is 4. The first kappa shape index (κ1) is 28.3. The van der Waals surface area contributed by atoms with Gasteiger partial charge in [-0.2, -0.15) is 0 Å². The molecule has 12 heteroatoms. The smallest absolute Gasteiger partial charge is 0.255 e. The molecule has 0 unspecified atom stereocenters. The number of hydrogen-bond donors (Lipinski definition) is 6. The normalized spacial score (nSPS) is 13.6. The Labute approximate surface area is 231 Å². The first-order valence-corrected chi connectivity index (χ1v) is 11.4. The molecule has 198 valence electrons. The van der Waals surface area contributed by atoms with Crippen LogP contribution < -0.4 is 21.3 Å². The minimum Gasteiger partial charge on any atom is -0.507 e. The minimum atomic E-state index is -0.431. The Kier molecular flexibility index (Phi) is 9.16. The molecule has 5 rings (SSSR count). The highest BCUT2D eigenvalue weighted by Gasteiger charge is 2.16. The predicted octanol–water partition coefficient (Wildman–Crippen LogP) is 3.15. The molecule has 0 bridgehead atoms. The minimum absolute atomic E-state index is 0. The van der Waals surface area contributed by atoms with Crippen LogP contribution in [0.1, 0.15) is 31.8 Å². The van der Waals surface area contributed by atoms with Crippen molar-refractivity contribution in [3.8, 4) is 11.5 Å². The largest absolute Gasteiger partial charge is 0.507 e. The van der Waals surface area contributed by atoms with Crippen molar-refractivity contribution in [2.24, 2.45) is 9.98 Å². The number of anilines is 2. The van der Waals surface area contributed by atoms with Gasteiger partial charge in [0.05, 0.1) is 24.2 Å². The molecule has 2 amide bonds. The lowest BCUT2D eigenvalue weighted by Gasteiger charge is -2.11. The third kappa shape index (κ3) is 6.16. The number of phenols is 2. The van der Waals surface area contributed by atoms with Crippen molar-refractivity contribution in [3.63, 3.8) is 0 Å². The maximum absolute atomic E-state index is 12.8. The molecule has 0 aliphatic carbocycles. The lowest BCUT2D eigenvalue weighted by molar-refractivity contribution is 0.102. The van der Waals surface area contributed by atoms with E-state index in [2.05, 4.69) is 31.3 Å². The summed E-state index contributed by atoms with van der Waals surface area (Å²) in [6.07, 6.45) is 0. The van der Waals surface area contributed by atoms with Gasteiger partial charge in [-0.1, -0.05) is 6.07 Å². The number of hydrogen-bond acceptors (Lipinski definition) is 8. The van der Waals surface area contributed by atoms with Crippen LogP contribution in [0.3, 0.4) is 0 Å². The van der Waals surface area contributed by atoms with Crippen LogP contribution in [-0.4, -0.2) is 59.9 Å². The number of rotatable bonds is 6. The average molecular weight is 557 g/mol. The average Bonchev–Trinajstić information content (AvgIpc) is 3.59. The molecule has 2 aliphatic rings. The molecule has 0 saturated heterocycles. The Morgan fingerprint density at radius 3 is 1.50 bits per heavy atom. The monoisotopic (exact) mass is 556 g/mol. The van der Waals surface area contributed by atoms with Gasteiger partial charge in [0.2, 0.25) is 0 Å². The van der Waals surface area contributed by atoms with Crippen LogP contribution in [-0.2, 0) is 0 Å². The summed E-state index contributed by atoms with van der Waals surface area (Å²) in [5, 5.41) is 32.3. The van der Waals surface area contributed by atoms with Gasteiger partial charge < -0.3 is 31.5 Å². The molecule has 10 nitrogen and oxygen atoms in total. The van der Waals surface area contributed by atoms with Gasteiger partial charge in [0, 0.05) is 47.7 Å². The zero-order valence-electron chi connectivity index (χ0n) is 20.0. The number of amides is 2. The number of aliphatic imine (C=N–C) groups is 2. The summed E-state index contributed by atoms with van der Waals surface area (Å²) in [6.45, 7) is 2.74. The Bertz CT molecular complexity index is 1320. The second-order valence-corrected chi connectivity index (χ2v) is 8.27. The van der Waals surface area contributed by atoms with E-state index in [0.29, 0.717) is 47.3 Å². The third-order valence-electron chi connectivity index (χ3n) is 5.76. The van der Waals surface area contributed by atoms with Crippen molar-refractivity contribution >= 4 is 59.7 Å². The van der Waals surface area contributed by atoms with Crippen LogP contribution in [0, 0.1) is 0 Å². The Morgan fingerprint density at radius 2 is 1.13 bits per heavy atom. The molecule has 0 fully saturated rings. The van der Waals surface area contributed by atoms with Gasteiger partial charge in [-0.15, -0.1) is 24.8 Å². The number of halogens is 2. The van der Waals surface area contributed by atoms with E-state index in [1.165, 1.54) is 18.2 Å². The SMILES string of the molecule is Cl.Cl.O=C(Nc1ccc(C2=NCCN2)c(O)c1)c1cccc(C(=O)Nc2ccc(C3=NCCN3)c(O)c2)c1. The Hall–Kier alpha value is -4.28. The molecule has 38 heavy (non-hydrogen) atoms. The van der Waals surface area contributed by atoms with Crippen LogP contribution in [0.25, 0.3) is 0 Å². The fraction of sp³-hybridized carbons (Fsp3) is 0.154. The molecule has 0 spiro atoms. The second-order valence-electron chi connectivity index (χ2n) is 8.27. The topological polar surface area (TPSA) is 147 Å². The van der Waals surface area contributed by atoms with Gasteiger partial charge in [0.1, 0.15) is 23.2 Å². The quantitative estimate of drug-likeness (QED) is 0.275. The summed E-state index contributed by atoms with van der Waals surface area (Å²) >= 11 is 0. The van der Waals surface area contributed by atoms with Crippen molar-refractivity contribution in [2.75, 3.05) is 36.8 Å². The van der Waals surface area contributed by atoms with E-state index < -0.39 is 11.8 Å². The van der Waals surface area contributed by atoms with E-state index in [1.807, 2.05) is 0 Å². The van der Waals surface area contributed by atoms with Crippen LogP contribution in [0.4, 0.5) is 11.4 Å². The summed E-state index contributed by atoms with van der Waals surface area (Å²) in [4.78, 5) is 34.2. The highest BCUT2D eigenvalue weighted by Crippen LogP contribution is 2.25. The summed E-state index contributed by atoms with van der Waals surface area (Å²) in [5.74, 6) is 0.380. The molecule has 3 aromatic rings. The summed E-state index contributed by atoms with van der Waals surface area (Å²) in [7, 11) is 0. The highest BCUT2D eigenvalue weighted by molar-refractivity contribution is 6.09. The molecule has 0 radical (unpaired) electrons. The molecule has 2 heterocycles. The Morgan fingerprint density at radius 1 is 0.684 bits per heavy atom. The molecular weight excluding hydrogens is 531 g/mol. The van der Waals surface area contributed by atoms with Crippen LogP contribution >= 0.6 is 24.8 Å². The summed E-state index contributed by atoms with van der Waals surface area (Å²) < 4.78 is 0. The predicted molar refractivity (Wildman–Crippen MR) is 152 cm³/mol. The molecule has 6 N–H and O–H groups in total. The van der Waals surface area contributed by atoms with E-state index in [1.54, 1.807) is 42.5 Å². The molecule has 2 aliphatic heterocycles. The molecule has 0 atom stereocenters. The van der Waals surface area contributed by atoms with Crippen molar-refractivity contribution in [1.29, 1.82) is 0 Å². The van der Waals surface area contributed by atoms with Gasteiger partial charge in [0.15, 0.2) is 0 Å². The first-order chi connectivity index (χ1) is 17.5. The standard InChI is InChI=1S/C26H24N6O4.2ClH/c33-21-13-17(4-6-19(21)23-27-8-9-28-23)31-25(35)15-2-1-3-16(12-15)26(36)32-18-5-7-20(22(34)14-18)24-29-10-11-30-24;;/h1-7,12-14,33-34H,8-11H2,(H,27,28)(H,29,30)(H,31,35)(H,32,36);2*1H. The zero-order valence-corrected chi connectivity index (χ0v) is 21.7. The first-order valence-electron chi connectivity index (χ1n) is 11.4. The van der Waals surface area contributed by atoms with Gasteiger partial charge >= 0.3 is 0 Å². The number of nitrogens with zero attached hydrogens (tertiary/aromatic N) is 2. The number of carbonyl (C=O) groups excluding carboxylic acids is 2. The molecule has 3 aromatic carbocycles.